The minimum atomic E-state index is -0.390. The van der Waals surface area contributed by atoms with Gasteiger partial charge >= 0.3 is 0 Å². The molecule has 0 radical (unpaired) electrons. The van der Waals surface area contributed by atoms with Crippen molar-refractivity contribution in [2.75, 3.05) is 6.54 Å². The second-order valence-corrected chi connectivity index (χ2v) is 3.05. The van der Waals surface area contributed by atoms with Gasteiger partial charge in [-0.2, -0.15) is 0 Å². The van der Waals surface area contributed by atoms with Crippen molar-refractivity contribution < 1.29 is 4.79 Å². The molecule has 11 heavy (non-hydrogen) atoms. The molecule has 0 fully saturated rings. The van der Waals surface area contributed by atoms with E-state index in [1.165, 1.54) is 0 Å². The summed E-state index contributed by atoms with van der Waals surface area (Å²) in [5.41, 5.74) is 5.35. The van der Waals surface area contributed by atoms with Crippen molar-refractivity contribution in [1.29, 1.82) is 0 Å². The molecular formula is C8H18N2O. The van der Waals surface area contributed by atoms with Crippen LogP contribution in [0.5, 0.6) is 0 Å². The van der Waals surface area contributed by atoms with Crippen LogP contribution in [0.4, 0.5) is 0 Å². The monoisotopic (exact) mass is 158 g/mol. The number of amides is 1. The second-order valence-electron chi connectivity index (χ2n) is 3.05. The van der Waals surface area contributed by atoms with E-state index < -0.39 is 0 Å². The zero-order chi connectivity index (χ0) is 8.85. The van der Waals surface area contributed by atoms with E-state index in [4.69, 9.17) is 5.73 Å². The Morgan fingerprint density at radius 3 is 2.45 bits per heavy atom. The largest absolute Gasteiger partial charge is 0.354 e. The number of hydrogen-bond donors (Lipinski definition) is 2. The van der Waals surface area contributed by atoms with Crippen LogP contribution in [0.15, 0.2) is 0 Å². The number of rotatable bonds is 4. The third-order valence-electron chi connectivity index (χ3n) is 1.74. The highest BCUT2D eigenvalue weighted by Crippen LogP contribution is 1.96. The van der Waals surface area contributed by atoms with Crippen LogP contribution in [-0.2, 0) is 4.79 Å². The summed E-state index contributed by atoms with van der Waals surface area (Å²) in [6.45, 7) is 6.62. The molecule has 0 saturated heterocycles. The summed E-state index contributed by atoms with van der Waals surface area (Å²) < 4.78 is 0. The molecule has 0 aliphatic carbocycles. The maximum atomic E-state index is 10.9. The molecule has 0 saturated carbocycles. The Balaban J connectivity index is 3.46. The fourth-order valence-corrected chi connectivity index (χ4v) is 0.580. The molecule has 0 spiro atoms. The van der Waals surface area contributed by atoms with Gasteiger partial charge < -0.3 is 11.1 Å². The lowest BCUT2D eigenvalue weighted by molar-refractivity contribution is -0.122. The summed E-state index contributed by atoms with van der Waals surface area (Å²) in [5, 5.41) is 2.77. The smallest absolute Gasteiger partial charge is 0.236 e. The first kappa shape index (κ1) is 10.4. The van der Waals surface area contributed by atoms with Gasteiger partial charge in [0.05, 0.1) is 6.04 Å². The fraction of sp³-hybridized carbons (Fsp3) is 0.875. The zero-order valence-corrected chi connectivity index (χ0v) is 7.55. The number of carbonyl (C=O) groups is 1. The van der Waals surface area contributed by atoms with E-state index >= 15 is 0 Å². The van der Waals surface area contributed by atoms with Crippen molar-refractivity contribution in [2.45, 2.75) is 33.2 Å². The molecule has 1 unspecified atom stereocenters. The number of carbonyl (C=O) groups excluding carboxylic acids is 1. The van der Waals surface area contributed by atoms with Gasteiger partial charge in [0.25, 0.3) is 0 Å². The number of nitrogens with two attached hydrogens (primary N) is 1. The highest BCUT2D eigenvalue weighted by Gasteiger charge is 2.07. The van der Waals surface area contributed by atoms with Gasteiger partial charge in [0.1, 0.15) is 0 Å². The number of hydrogen-bond acceptors (Lipinski definition) is 2. The van der Waals surface area contributed by atoms with Gasteiger partial charge in [-0.25, -0.2) is 0 Å². The molecule has 2 atom stereocenters. The maximum absolute atomic E-state index is 10.9. The lowest BCUT2D eigenvalue weighted by Gasteiger charge is -2.11. The second kappa shape index (κ2) is 5.13. The van der Waals surface area contributed by atoms with Crippen LogP contribution < -0.4 is 11.1 Å². The van der Waals surface area contributed by atoms with Crippen molar-refractivity contribution in [3.8, 4) is 0 Å². The van der Waals surface area contributed by atoms with E-state index in [-0.39, 0.29) is 11.9 Å². The first-order chi connectivity index (χ1) is 5.07. The topological polar surface area (TPSA) is 55.1 Å². The first-order valence-corrected chi connectivity index (χ1v) is 4.11. The van der Waals surface area contributed by atoms with Gasteiger partial charge in [0.2, 0.25) is 5.91 Å². The van der Waals surface area contributed by atoms with Crippen LogP contribution >= 0.6 is 0 Å². The van der Waals surface area contributed by atoms with E-state index in [0.29, 0.717) is 5.92 Å². The van der Waals surface area contributed by atoms with E-state index in [1.54, 1.807) is 6.92 Å². The van der Waals surface area contributed by atoms with E-state index in [2.05, 4.69) is 19.2 Å². The molecular weight excluding hydrogens is 140 g/mol. The lowest BCUT2D eigenvalue weighted by Crippen LogP contribution is -2.40. The molecule has 0 bridgehead atoms. The van der Waals surface area contributed by atoms with Gasteiger partial charge in [0, 0.05) is 6.54 Å². The molecule has 0 aliphatic rings. The van der Waals surface area contributed by atoms with Gasteiger partial charge in [-0.1, -0.05) is 20.3 Å². The van der Waals surface area contributed by atoms with Crippen molar-refractivity contribution in [2.24, 2.45) is 11.7 Å². The molecule has 1 amide bonds. The van der Waals surface area contributed by atoms with E-state index in [9.17, 15) is 4.79 Å². The molecule has 0 heterocycles. The van der Waals surface area contributed by atoms with Gasteiger partial charge in [-0.15, -0.1) is 0 Å². The van der Waals surface area contributed by atoms with Gasteiger partial charge in [-0.3, -0.25) is 4.79 Å². The molecule has 66 valence electrons. The molecule has 0 aromatic rings. The molecule has 3 N–H and O–H groups in total. The molecule has 3 nitrogen and oxygen atoms in total. The molecule has 0 rings (SSSR count). The Morgan fingerprint density at radius 2 is 2.09 bits per heavy atom. The molecule has 0 aliphatic heterocycles. The Labute approximate surface area is 68.3 Å². The Morgan fingerprint density at radius 1 is 1.55 bits per heavy atom. The Hall–Kier alpha value is -0.570. The molecule has 0 aromatic carbocycles. The SMILES string of the molecule is CC[C@H](C)CNC(=O)C(C)N. The minimum Gasteiger partial charge on any atom is -0.354 e. The quantitative estimate of drug-likeness (QED) is 0.626. The summed E-state index contributed by atoms with van der Waals surface area (Å²) in [5.74, 6) is 0.475. The third-order valence-corrected chi connectivity index (χ3v) is 1.74. The van der Waals surface area contributed by atoms with Gasteiger partial charge in [-0.05, 0) is 12.8 Å². The van der Waals surface area contributed by atoms with E-state index in [0.717, 1.165) is 13.0 Å². The van der Waals surface area contributed by atoms with Crippen molar-refractivity contribution in [3.63, 3.8) is 0 Å². The highest BCUT2D eigenvalue weighted by atomic mass is 16.2. The van der Waals surface area contributed by atoms with Crippen LogP contribution in [0.1, 0.15) is 27.2 Å². The average molecular weight is 158 g/mol. The fourth-order valence-electron chi connectivity index (χ4n) is 0.580. The first-order valence-electron chi connectivity index (χ1n) is 4.11. The van der Waals surface area contributed by atoms with Crippen molar-refractivity contribution >= 4 is 5.91 Å². The minimum absolute atomic E-state index is 0.0645. The predicted octanol–water partition coefficient (Wildman–Crippen LogP) is 0.496. The van der Waals surface area contributed by atoms with Crippen molar-refractivity contribution in [1.82, 2.24) is 5.32 Å². The highest BCUT2D eigenvalue weighted by molar-refractivity contribution is 5.80. The summed E-state index contributed by atoms with van der Waals surface area (Å²) in [6.07, 6.45) is 1.08. The Kier molecular flexibility index (Phi) is 4.86. The molecule has 3 heteroatoms. The van der Waals surface area contributed by atoms with E-state index in [1.807, 2.05) is 0 Å². The standard InChI is InChI=1S/C8H18N2O/c1-4-6(2)5-10-8(11)7(3)9/h6-7H,4-5,9H2,1-3H3,(H,10,11)/t6-,7?/m0/s1. The number of nitrogens with one attached hydrogen (secondary N) is 1. The normalized spacial score (nSPS) is 15.6. The Bertz CT molecular complexity index is 123. The van der Waals surface area contributed by atoms with Crippen LogP contribution in [0.25, 0.3) is 0 Å². The van der Waals surface area contributed by atoms with Crippen LogP contribution in [0.3, 0.4) is 0 Å². The predicted molar refractivity (Wildman–Crippen MR) is 46.1 cm³/mol. The van der Waals surface area contributed by atoms with Crippen LogP contribution in [0.2, 0.25) is 0 Å². The summed E-state index contributed by atoms with van der Waals surface area (Å²) in [6, 6.07) is -0.390. The van der Waals surface area contributed by atoms with Gasteiger partial charge in [0.15, 0.2) is 0 Å². The lowest BCUT2D eigenvalue weighted by atomic mass is 10.1. The summed E-state index contributed by atoms with van der Waals surface area (Å²) in [4.78, 5) is 10.9. The zero-order valence-electron chi connectivity index (χ0n) is 7.55. The maximum Gasteiger partial charge on any atom is 0.236 e. The van der Waals surface area contributed by atoms with Crippen molar-refractivity contribution in [3.05, 3.63) is 0 Å². The summed E-state index contributed by atoms with van der Waals surface area (Å²) >= 11 is 0. The van der Waals surface area contributed by atoms with Crippen LogP contribution in [0, 0.1) is 5.92 Å². The third kappa shape index (κ3) is 4.79. The average Bonchev–Trinajstić information content (AvgIpc) is 1.99. The molecule has 0 aromatic heterocycles. The summed E-state index contributed by atoms with van der Waals surface area (Å²) in [7, 11) is 0. The van der Waals surface area contributed by atoms with Crippen LogP contribution in [-0.4, -0.2) is 18.5 Å².